The fourth-order valence-electron chi connectivity index (χ4n) is 4.57. The van der Waals surface area contributed by atoms with Crippen LogP contribution < -0.4 is 10.1 Å². The number of hydrogen-bond acceptors (Lipinski definition) is 3. The topological polar surface area (TPSA) is 38.3 Å². The SMILES string of the molecule is COc1ccc(C(Nc2ccc3ccccc3c2)C(C(=O)c2ccccc2)c2ccccc2)cc1. The molecule has 0 saturated carbocycles. The van der Waals surface area contributed by atoms with Crippen molar-refractivity contribution < 1.29 is 9.53 Å². The summed E-state index contributed by atoms with van der Waals surface area (Å²) in [5.41, 5.74) is 3.64. The van der Waals surface area contributed by atoms with Crippen molar-refractivity contribution in [3.05, 3.63) is 144 Å². The average molecular weight is 458 g/mol. The van der Waals surface area contributed by atoms with E-state index < -0.39 is 5.92 Å². The summed E-state index contributed by atoms with van der Waals surface area (Å²) in [6.45, 7) is 0. The van der Waals surface area contributed by atoms with E-state index in [1.54, 1.807) is 7.11 Å². The number of fused-ring (bicyclic) bond motifs is 1. The Hall–Kier alpha value is -4.37. The number of ketones is 1. The number of benzene rings is 5. The van der Waals surface area contributed by atoms with Crippen LogP contribution in [0.2, 0.25) is 0 Å². The summed E-state index contributed by atoms with van der Waals surface area (Å²) in [7, 11) is 1.66. The van der Waals surface area contributed by atoms with Crippen molar-refractivity contribution in [1.29, 1.82) is 0 Å². The van der Waals surface area contributed by atoms with Gasteiger partial charge in [0.05, 0.1) is 19.1 Å². The van der Waals surface area contributed by atoms with Gasteiger partial charge in [0.25, 0.3) is 0 Å². The van der Waals surface area contributed by atoms with Crippen molar-refractivity contribution in [3.8, 4) is 5.75 Å². The summed E-state index contributed by atoms with van der Waals surface area (Å²) in [5, 5.41) is 6.04. The Balaban J connectivity index is 1.63. The molecule has 2 unspecified atom stereocenters. The first kappa shape index (κ1) is 22.4. The van der Waals surface area contributed by atoms with Crippen LogP contribution in [-0.2, 0) is 0 Å². The number of rotatable bonds is 8. The van der Waals surface area contributed by atoms with Crippen molar-refractivity contribution in [2.75, 3.05) is 12.4 Å². The Morgan fingerprint density at radius 2 is 1.29 bits per heavy atom. The Morgan fingerprint density at radius 1 is 0.657 bits per heavy atom. The van der Waals surface area contributed by atoms with Gasteiger partial charge >= 0.3 is 0 Å². The molecule has 0 fully saturated rings. The number of anilines is 1. The third kappa shape index (κ3) is 4.95. The van der Waals surface area contributed by atoms with Gasteiger partial charge < -0.3 is 10.1 Å². The maximum Gasteiger partial charge on any atom is 0.172 e. The van der Waals surface area contributed by atoms with E-state index in [4.69, 9.17) is 4.74 Å². The quantitative estimate of drug-likeness (QED) is 0.243. The van der Waals surface area contributed by atoms with Gasteiger partial charge in [-0.05, 0) is 46.2 Å². The Kier molecular flexibility index (Phi) is 6.58. The van der Waals surface area contributed by atoms with Crippen LogP contribution in [0.15, 0.2) is 127 Å². The lowest BCUT2D eigenvalue weighted by atomic mass is 9.81. The van der Waals surface area contributed by atoms with Gasteiger partial charge in [-0.15, -0.1) is 0 Å². The lowest BCUT2D eigenvalue weighted by molar-refractivity contribution is 0.0950. The highest BCUT2D eigenvalue weighted by molar-refractivity contribution is 6.02. The third-order valence-electron chi connectivity index (χ3n) is 6.38. The van der Waals surface area contributed by atoms with Gasteiger partial charge in [-0.25, -0.2) is 0 Å². The maximum atomic E-state index is 14.0. The maximum absolute atomic E-state index is 14.0. The van der Waals surface area contributed by atoms with Crippen LogP contribution in [0.25, 0.3) is 10.8 Å². The molecule has 1 N–H and O–H groups in total. The second-order valence-corrected chi connectivity index (χ2v) is 8.58. The molecule has 0 radical (unpaired) electrons. The van der Waals surface area contributed by atoms with E-state index in [0.29, 0.717) is 5.56 Å². The summed E-state index contributed by atoms with van der Waals surface area (Å²) in [5.74, 6) is 0.424. The van der Waals surface area contributed by atoms with E-state index in [1.165, 1.54) is 5.39 Å². The van der Waals surface area contributed by atoms with Crippen LogP contribution in [0.4, 0.5) is 5.69 Å². The highest BCUT2D eigenvalue weighted by atomic mass is 16.5. The number of carbonyl (C=O) groups is 1. The molecule has 5 rings (SSSR count). The molecular formula is C32H27NO2. The number of ether oxygens (including phenoxy) is 1. The standard InChI is InChI=1S/C32H27NO2/c1-35-29-20-17-25(18-21-29)31(33-28-19-16-23-10-8-9-15-27(23)22-28)30(24-11-4-2-5-12-24)32(34)26-13-6-3-7-14-26/h2-22,30-31,33H,1H3. The summed E-state index contributed by atoms with van der Waals surface area (Å²) in [6, 6.07) is 41.8. The predicted octanol–water partition coefficient (Wildman–Crippen LogP) is 7.67. The van der Waals surface area contributed by atoms with Gasteiger partial charge in [-0.1, -0.05) is 103 Å². The molecule has 0 aliphatic carbocycles. The van der Waals surface area contributed by atoms with Gasteiger partial charge in [0.1, 0.15) is 5.75 Å². The van der Waals surface area contributed by atoms with Gasteiger partial charge in [0.15, 0.2) is 5.78 Å². The summed E-state index contributed by atoms with van der Waals surface area (Å²) >= 11 is 0. The van der Waals surface area contributed by atoms with Crippen molar-refractivity contribution in [3.63, 3.8) is 0 Å². The summed E-state index contributed by atoms with van der Waals surface area (Å²) < 4.78 is 5.39. The van der Waals surface area contributed by atoms with E-state index in [9.17, 15) is 4.79 Å². The van der Waals surface area contributed by atoms with Gasteiger partial charge in [-0.2, -0.15) is 0 Å². The van der Waals surface area contributed by atoms with Crippen LogP contribution in [-0.4, -0.2) is 12.9 Å². The number of carbonyl (C=O) groups excluding carboxylic acids is 1. The first-order valence-electron chi connectivity index (χ1n) is 11.8. The van der Waals surface area contributed by atoms with E-state index in [0.717, 1.165) is 28.0 Å². The van der Waals surface area contributed by atoms with Gasteiger partial charge in [0, 0.05) is 11.3 Å². The van der Waals surface area contributed by atoms with Crippen molar-refractivity contribution in [2.24, 2.45) is 0 Å². The summed E-state index contributed by atoms with van der Waals surface area (Å²) in [4.78, 5) is 14.0. The van der Waals surface area contributed by atoms with Crippen molar-refractivity contribution in [2.45, 2.75) is 12.0 Å². The number of nitrogens with one attached hydrogen (secondary N) is 1. The van der Waals surface area contributed by atoms with Gasteiger partial charge in [-0.3, -0.25) is 4.79 Å². The zero-order valence-electron chi connectivity index (χ0n) is 19.6. The first-order valence-corrected chi connectivity index (χ1v) is 11.8. The average Bonchev–Trinajstić information content (AvgIpc) is 2.93. The fraction of sp³-hybridized carbons (Fsp3) is 0.0938. The van der Waals surface area contributed by atoms with E-state index in [-0.39, 0.29) is 11.8 Å². The Morgan fingerprint density at radius 3 is 1.97 bits per heavy atom. The van der Waals surface area contributed by atoms with Crippen LogP contribution in [0.3, 0.4) is 0 Å². The molecule has 3 heteroatoms. The number of methoxy groups -OCH3 is 1. The minimum Gasteiger partial charge on any atom is -0.497 e. The molecular weight excluding hydrogens is 430 g/mol. The van der Waals surface area contributed by atoms with E-state index in [2.05, 4.69) is 35.6 Å². The first-order chi connectivity index (χ1) is 17.2. The molecule has 0 bridgehead atoms. The molecule has 0 spiro atoms. The Bertz CT molecular complexity index is 1410. The predicted molar refractivity (Wildman–Crippen MR) is 143 cm³/mol. The lowest BCUT2D eigenvalue weighted by Gasteiger charge is -2.29. The van der Waals surface area contributed by atoms with Gasteiger partial charge in [0.2, 0.25) is 0 Å². The Labute approximate surface area is 206 Å². The monoisotopic (exact) mass is 457 g/mol. The lowest BCUT2D eigenvalue weighted by Crippen LogP contribution is -2.26. The zero-order valence-corrected chi connectivity index (χ0v) is 19.6. The van der Waals surface area contributed by atoms with Crippen molar-refractivity contribution in [1.82, 2.24) is 0 Å². The molecule has 5 aromatic rings. The molecule has 0 aromatic heterocycles. The largest absolute Gasteiger partial charge is 0.497 e. The number of hydrogen-bond donors (Lipinski definition) is 1. The van der Waals surface area contributed by atoms with Crippen molar-refractivity contribution >= 4 is 22.2 Å². The molecule has 0 amide bonds. The third-order valence-corrected chi connectivity index (χ3v) is 6.38. The van der Waals surface area contributed by atoms with Crippen LogP contribution in [0.1, 0.15) is 33.4 Å². The molecule has 35 heavy (non-hydrogen) atoms. The second-order valence-electron chi connectivity index (χ2n) is 8.58. The minimum absolute atomic E-state index is 0.0749. The smallest absolute Gasteiger partial charge is 0.172 e. The molecule has 172 valence electrons. The fourth-order valence-corrected chi connectivity index (χ4v) is 4.57. The summed E-state index contributed by atoms with van der Waals surface area (Å²) in [6.07, 6.45) is 0. The van der Waals surface area contributed by atoms with Crippen LogP contribution in [0, 0.1) is 0 Å². The van der Waals surface area contributed by atoms with E-state index in [1.807, 2.05) is 97.1 Å². The molecule has 0 saturated heterocycles. The molecule has 0 aliphatic heterocycles. The minimum atomic E-state index is -0.432. The second kappa shape index (κ2) is 10.3. The van der Waals surface area contributed by atoms with Crippen LogP contribution in [0.5, 0.6) is 5.75 Å². The van der Waals surface area contributed by atoms with E-state index >= 15 is 0 Å². The zero-order chi connectivity index (χ0) is 24.0. The molecule has 2 atom stereocenters. The van der Waals surface area contributed by atoms with Crippen LogP contribution >= 0.6 is 0 Å². The molecule has 3 nitrogen and oxygen atoms in total. The highest BCUT2D eigenvalue weighted by Gasteiger charge is 2.32. The highest BCUT2D eigenvalue weighted by Crippen LogP contribution is 2.38. The molecule has 5 aromatic carbocycles. The molecule has 0 heterocycles. The normalized spacial score (nSPS) is 12.6. The molecule has 0 aliphatic rings. The number of Topliss-reactive ketones (excluding diaryl/α,β-unsaturated/α-hetero) is 1.